The van der Waals surface area contributed by atoms with Crippen LogP contribution in [-0.4, -0.2) is 32.8 Å². The van der Waals surface area contributed by atoms with Crippen molar-refractivity contribution in [3.63, 3.8) is 0 Å². The topological polar surface area (TPSA) is 123 Å². The van der Waals surface area contributed by atoms with Crippen LogP contribution in [0.15, 0.2) is 10.7 Å². The number of hydrogen-bond donors (Lipinski definition) is 3. The first-order chi connectivity index (χ1) is 8.16. The minimum atomic E-state index is -0.285. The van der Waals surface area contributed by atoms with E-state index in [0.29, 0.717) is 30.2 Å². The van der Waals surface area contributed by atoms with Crippen LogP contribution >= 0.6 is 0 Å². The number of rotatable bonds is 4. The van der Waals surface area contributed by atoms with Crippen molar-refractivity contribution in [2.45, 2.75) is 13.3 Å². The molecule has 2 aromatic rings. The summed E-state index contributed by atoms with van der Waals surface area (Å²) in [4.78, 5) is 15.6. The average molecular weight is 236 g/mol. The van der Waals surface area contributed by atoms with Gasteiger partial charge in [-0.2, -0.15) is 10.1 Å². The van der Waals surface area contributed by atoms with E-state index in [1.807, 2.05) is 0 Å². The summed E-state index contributed by atoms with van der Waals surface area (Å²) in [6, 6.07) is 0. The van der Waals surface area contributed by atoms with E-state index in [1.165, 1.54) is 6.20 Å². The van der Waals surface area contributed by atoms with E-state index in [9.17, 15) is 4.79 Å². The number of hydrogen-bond acceptors (Lipinski definition) is 6. The van der Waals surface area contributed by atoms with Crippen LogP contribution in [0, 0.1) is 6.92 Å². The van der Waals surface area contributed by atoms with Crippen molar-refractivity contribution in [1.29, 1.82) is 0 Å². The Morgan fingerprint density at radius 3 is 3.06 bits per heavy atom. The smallest absolute Gasteiger partial charge is 0.256 e. The van der Waals surface area contributed by atoms with Crippen molar-refractivity contribution in [3.05, 3.63) is 23.5 Å². The van der Waals surface area contributed by atoms with Crippen LogP contribution in [0.25, 0.3) is 0 Å². The van der Waals surface area contributed by atoms with Crippen LogP contribution in [0.3, 0.4) is 0 Å². The number of amides is 1. The highest BCUT2D eigenvalue weighted by Crippen LogP contribution is 2.05. The fourth-order valence-corrected chi connectivity index (χ4v) is 1.30. The lowest BCUT2D eigenvalue weighted by Gasteiger charge is -2.01. The lowest BCUT2D eigenvalue weighted by atomic mass is 10.3. The highest BCUT2D eigenvalue weighted by atomic mass is 16.5. The van der Waals surface area contributed by atoms with E-state index in [-0.39, 0.29) is 11.7 Å². The number of nitrogens with zero attached hydrogens (tertiary/aromatic N) is 3. The predicted octanol–water partition coefficient (Wildman–Crippen LogP) is -0.344. The number of aryl methyl sites for hydroxylation is 1. The molecule has 17 heavy (non-hydrogen) atoms. The van der Waals surface area contributed by atoms with E-state index in [1.54, 1.807) is 6.92 Å². The highest BCUT2D eigenvalue weighted by molar-refractivity contribution is 5.98. The molecular formula is C9H12N6O2. The second-order valence-electron chi connectivity index (χ2n) is 3.44. The summed E-state index contributed by atoms with van der Waals surface area (Å²) in [6.45, 7) is 2.13. The minimum Gasteiger partial charge on any atom is -0.383 e. The second-order valence-corrected chi connectivity index (χ2v) is 3.44. The van der Waals surface area contributed by atoms with E-state index < -0.39 is 0 Å². The first-order valence-corrected chi connectivity index (χ1v) is 5.03. The third-order valence-corrected chi connectivity index (χ3v) is 2.11. The number of nitrogen functional groups attached to an aromatic ring is 1. The van der Waals surface area contributed by atoms with Crippen molar-refractivity contribution in [2.24, 2.45) is 0 Å². The highest BCUT2D eigenvalue weighted by Gasteiger charge is 2.11. The molecule has 90 valence electrons. The summed E-state index contributed by atoms with van der Waals surface area (Å²) < 4.78 is 4.90. The summed E-state index contributed by atoms with van der Waals surface area (Å²) in [5.41, 5.74) is 5.83. The summed E-state index contributed by atoms with van der Waals surface area (Å²) in [5, 5.41) is 12.5. The van der Waals surface area contributed by atoms with Gasteiger partial charge in [-0.25, -0.2) is 0 Å². The summed E-state index contributed by atoms with van der Waals surface area (Å²) in [7, 11) is 0. The van der Waals surface area contributed by atoms with Crippen LogP contribution in [-0.2, 0) is 6.42 Å². The van der Waals surface area contributed by atoms with Crippen LogP contribution in [0.4, 0.5) is 5.82 Å². The van der Waals surface area contributed by atoms with Gasteiger partial charge in [0, 0.05) is 13.0 Å². The van der Waals surface area contributed by atoms with Gasteiger partial charge in [0.2, 0.25) is 5.89 Å². The fourth-order valence-electron chi connectivity index (χ4n) is 1.30. The summed E-state index contributed by atoms with van der Waals surface area (Å²) >= 11 is 0. The van der Waals surface area contributed by atoms with Crippen molar-refractivity contribution < 1.29 is 9.32 Å². The number of anilines is 1. The van der Waals surface area contributed by atoms with Gasteiger partial charge in [0.05, 0.1) is 6.20 Å². The van der Waals surface area contributed by atoms with E-state index >= 15 is 0 Å². The van der Waals surface area contributed by atoms with Gasteiger partial charge in [-0.1, -0.05) is 5.16 Å². The van der Waals surface area contributed by atoms with Crippen LogP contribution < -0.4 is 11.1 Å². The van der Waals surface area contributed by atoms with Crippen molar-refractivity contribution in [2.75, 3.05) is 12.3 Å². The van der Waals surface area contributed by atoms with Crippen molar-refractivity contribution in [1.82, 2.24) is 25.7 Å². The standard InChI is InChI=1S/C9H12N6O2/c1-5-13-7(17-15-5)2-3-11-9(16)6-4-12-14-8(6)10/h4H,2-3H2,1H3,(H,11,16)(H3,10,12,14). The number of aromatic nitrogens is 4. The molecule has 0 aliphatic rings. The molecule has 2 heterocycles. The zero-order chi connectivity index (χ0) is 12.3. The lowest BCUT2D eigenvalue weighted by Crippen LogP contribution is -2.26. The van der Waals surface area contributed by atoms with E-state index in [2.05, 4.69) is 25.7 Å². The number of aromatic amines is 1. The monoisotopic (exact) mass is 236 g/mol. The number of carbonyl (C=O) groups excluding carboxylic acids is 1. The molecule has 0 atom stereocenters. The van der Waals surface area contributed by atoms with Gasteiger partial charge in [-0.05, 0) is 6.92 Å². The maximum atomic E-state index is 11.6. The molecule has 0 bridgehead atoms. The normalized spacial score (nSPS) is 10.4. The minimum absolute atomic E-state index is 0.246. The van der Waals surface area contributed by atoms with Gasteiger partial charge in [0.15, 0.2) is 5.82 Å². The van der Waals surface area contributed by atoms with Crippen LogP contribution in [0.1, 0.15) is 22.1 Å². The molecule has 0 fully saturated rings. The molecule has 0 spiro atoms. The first-order valence-electron chi connectivity index (χ1n) is 5.03. The Morgan fingerprint density at radius 2 is 2.47 bits per heavy atom. The SMILES string of the molecule is Cc1noc(CCNC(=O)c2cn[nH]c2N)n1. The maximum Gasteiger partial charge on any atom is 0.256 e. The zero-order valence-electron chi connectivity index (χ0n) is 9.23. The van der Waals surface area contributed by atoms with Gasteiger partial charge in [-0.15, -0.1) is 0 Å². The Kier molecular flexibility index (Phi) is 3.03. The largest absolute Gasteiger partial charge is 0.383 e. The van der Waals surface area contributed by atoms with Crippen LogP contribution in [0.5, 0.6) is 0 Å². The van der Waals surface area contributed by atoms with Crippen molar-refractivity contribution >= 4 is 11.7 Å². The molecule has 8 heteroatoms. The van der Waals surface area contributed by atoms with Gasteiger partial charge < -0.3 is 15.6 Å². The summed E-state index contributed by atoms with van der Waals surface area (Å²) in [5.74, 6) is 1.02. The molecule has 0 saturated heterocycles. The predicted molar refractivity (Wildman–Crippen MR) is 58.1 cm³/mol. The number of nitrogens with two attached hydrogens (primary N) is 1. The molecular weight excluding hydrogens is 224 g/mol. The average Bonchev–Trinajstić information content (AvgIpc) is 2.87. The summed E-state index contributed by atoms with van der Waals surface area (Å²) in [6.07, 6.45) is 1.85. The van der Waals surface area contributed by atoms with Gasteiger partial charge in [0.25, 0.3) is 5.91 Å². The molecule has 0 aromatic carbocycles. The van der Waals surface area contributed by atoms with Gasteiger partial charge in [-0.3, -0.25) is 9.89 Å². The number of carbonyl (C=O) groups is 1. The molecule has 0 radical (unpaired) electrons. The molecule has 8 nitrogen and oxygen atoms in total. The Hall–Kier alpha value is -2.38. The lowest BCUT2D eigenvalue weighted by molar-refractivity contribution is 0.0954. The maximum absolute atomic E-state index is 11.6. The van der Waals surface area contributed by atoms with Crippen LogP contribution in [0.2, 0.25) is 0 Å². The Labute approximate surface area is 96.6 Å². The zero-order valence-corrected chi connectivity index (χ0v) is 9.23. The number of nitrogens with one attached hydrogen (secondary N) is 2. The fraction of sp³-hybridized carbons (Fsp3) is 0.333. The Morgan fingerprint density at radius 1 is 1.65 bits per heavy atom. The van der Waals surface area contributed by atoms with Gasteiger partial charge >= 0.3 is 0 Å². The quantitative estimate of drug-likeness (QED) is 0.667. The Bertz CT molecular complexity index is 517. The molecule has 4 N–H and O–H groups in total. The molecule has 2 aromatic heterocycles. The second kappa shape index (κ2) is 4.64. The van der Waals surface area contributed by atoms with Crippen molar-refractivity contribution in [3.8, 4) is 0 Å². The molecule has 2 rings (SSSR count). The Balaban J connectivity index is 1.83. The first kappa shape index (κ1) is 11.1. The van der Waals surface area contributed by atoms with E-state index in [0.717, 1.165) is 0 Å². The van der Waals surface area contributed by atoms with Gasteiger partial charge in [0.1, 0.15) is 11.4 Å². The molecule has 0 aliphatic heterocycles. The third kappa shape index (κ3) is 2.60. The molecule has 0 saturated carbocycles. The third-order valence-electron chi connectivity index (χ3n) is 2.11. The molecule has 0 unspecified atom stereocenters. The number of H-pyrrole nitrogens is 1. The molecule has 1 amide bonds. The molecule has 0 aliphatic carbocycles. The van der Waals surface area contributed by atoms with E-state index in [4.69, 9.17) is 10.3 Å².